The molecule has 0 fully saturated rings. The second-order valence-corrected chi connectivity index (χ2v) is 5.01. The van der Waals surface area contributed by atoms with Crippen LogP contribution in [-0.4, -0.2) is 23.0 Å². The lowest BCUT2D eigenvalue weighted by Gasteiger charge is -2.22. The van der Waals surface area contributed by atoms with E-state index in [1.165, 1.54) is 12.1 Å². The van der Waals surface area contributed by atoms with Crippen LogP contribution in [0.25, 0.3) is 5.57 Å². The third-order valence-electron chi connectivity index (χ3n) is 2.63. The topological polar surface area (TPSA) is 47.9 Å². The van der Waals surface area contributed by atoms with Crippen LogP contribution < -0.4 is 8.92 Å². The van der Waals surface area contributed by atoms with Crippen LogP contribution in [0.5, 0.6) is 11.5 Å². The van der Waals surface area contributed by atoms with Crippen molar-refractivity contribution in [1.29, 1.82) is 0 Å². The molecule has 0 aliphatic carbocycles. The Morgan fingerprint density at radius 1 is 1.40 bits per heavy atom. The number of hydrogen-bond donors (Lipinski definition) is 0. The van der Waals surface area contributed by atoms with E-state index in [0.29, 0.717) is 29.9 Å². The second-order valence-electron chi connectivity index (χ2n) is 3.91. The first-order valence-corrected chi connectivity index (χ1v) is 6.53. The summed E-state index contributed by atoms with van der Waals surface area (Å²) in [4.78, 5) is 3.65. The van der Waals surface area contributed by atoms with Crippen LogP contribution in [0.3, 0.4) is 0 Å². The summed E-state index contributed by atoms with van der Waals surface area (Å²) in [5.74, 6) is 0.162. The van der Waals surface area contributed by atoms with Crippen LogP contribution in [0.2, 0.25) is 0 Å². The molecule has 20 heavy (non-hydrogen) atoms. The molecule has 1 heterocycles. The average Bonchev–Trinajstić information content (AvgIpc) is 2.38. The summed E-state index contributed by atoms with van der Waals surface area (Å²) in [6, 6.07) is 2.64. The SMILES string of the molecule is C=Nc1c(OS(=O)C(F)(F)F)ccc2c1C(=C)CCO2. The van der Waals surface area contributed by atoms with Crippen molar-refractivity contribution in [2.45, 2.75) is 11.9 Å². The minimum absolute atomic E-state index is 0.0461. The second kappa shape index (κ2) is 5.28. The zero-order valence-corrected chi connectivity index (χ0v) is 11.0. The average molecular weight is 305 g/mol. The number of benzene rings is 1. The standard InChI is InChI=1S/C12H10F3NO3S/c1-7-5-6-18-8-3-4-9(11(16-2)10(7)8)19-20(17)12(13,14)15/h3-4H,1-2,5-6H2. The monoisotopic (exact) mass is 305 g/mol. The number of nitrogens with zero attached hydrogens (tertiary/aromatic N) is 1. The Bertz CT molecular complexity index is 598. The lowest BCUT2D eigenvalue weighted by atomic mass is 9.99. The molecule has 0 amide bonds. The Labute approximate surface area is 115 Å². The molecule has 1 atom stereocenters. The number of fused-ring (bicyclic) bond motifs is 1. The molecular weight excluding hydrogens is 295 g/mol. The van der Waals surface area contributed by atoms with E-state index < -0.39 is 16.6 Å². The highest BCUT2D eigenvalue weighted by atomic mass is 32.2. The fraction of sp³-hybridized carbons (Fsp3) is 0.250. The van der Waals surface area contributed by atoms with Gasteiger partial charge in [0.25, 0.3) is 0 Å². The molecule has 0 saturated carbocycles. The number of alkyl halides is 3. The van der Waals surface area contributed by atoms with Crippen molar-refractivity contribution in [1.82, 2.24) is 0 Å². The Morgan fingerprint density at radius 2 is 2.10 bits per heavy atom. The third-order valence-corrected chi connectivity index (χ3v) is 3.34. The van der Waals surface area contributed by atoms with E-state index in [0.717, 1.165) is 0 Å². The highest BCUT2D eigenvalue weighted by Crippen LogP contribution is 2.45. The number of halogens is 3. The van der Waals surface area contributed by atoms with Crippen molar-refractivity contribution in [3.05, 3.63) is 24.3 Å². The van der Waals surface area contributed by atoms with Crippen LogP contribution in [0.1, 0.15) is 12.0 Å². The molecule has 1 aromatic carbocycles. The zero-order chi connectivity index (χ0) is 14.9. The Hall–Kier alpha value is -1.83. The van der Waals surface area contributed by atoms with Crippen molar-refractivity contribution in [2.24, 2.45) is 4.99 Å². The van der Waals surface area contributed by atoms with Crippen molar-refractivity contribution < 1.29 is 26.3 Å². The molecule has 1 aliphatic rings. The van der Waals surface area contributed by atoms with Gasteiger partial charge >= 0.3 is 16.6 Å². The quantitative estimate of drug-likeness (QED) is 0.804. The molecule has 0 radical (unpaired) electrons. The molecule has 0 aromatic heterocycles. The molecule has 2 rings (SSSR count). The van der Waals surface area contributed by atoms with Gasteiger partial charge in [0.05, 0.1) is 6.61 Å². The van der Waals surface area contributed by atoms with Crippen molar-refractivity contribution in [2.75, 3.05) is 6.61 Å². The molecule has 1 unspecified atom stereocenters. The van der Waals surface area contributed by atoms with Gasteiger partial charge in [-0.1, -0.05) is 6.58 Å². The first-order chi connectivity index (χ1) is 9.34. The van der Waals surface area contributed by atoms with E-state index in [2.05, 4.69) is 22.5 Å². The minimum atomic E-state index is -4.97. The number of aliphatic imine (C=N–C) groups is 1. The molecule has 108 valence electrons. The van der Waals surface area contributed by atoms with Gasteiger partial charge in [-0.25, -0.2) is 4.21 Å². The largest absolute Gasteiger partial charge is 0.508 e. The van der Waals surface area contributed by atoms with Gasteiger partial charge in [0.2, 0.25) is 0 Å². The third kappa shape index (κ3) is 2.69. The number of ether oxygens (including phenoxy) is 1. The maximum atomic E-state index is 12.3. The summed E-state index contributed by atoms with van der Waals surface area (Å²) in [5, 5.41) is 0. The Morgan fingerprint density at radius 3 is 2.70 bits per heavy atom. The maximum Gasteiger partial charge on any atom is 0.508 e. The highest BCUT2D eigenvalue weighted by Gasteiger charge is 2.40. The Kier molecular flexibility index (Phi) is 3.85. The number of rotatable bonds is 3. The molecule has 0 bridgehead atoms. The van der Waals surface area contributed by atoms with Gasteiger partial charge in [-0.15, -0.1) is 0 Å². The van der Waals surface area contributed by atoms with E-state index in [4.69, 9.17) is 4.74 Å². The van der Waals surface area contributed by atoms with E-state index >= 15 is 0 Å². The zero-order valence-electron chi connectivity index (χ0n) is 10.2. The first-order valence-electron chi connectivity index (χ1n) is 5.46. The molecule has 1 aromatic rings. The molecule has 0 spiro atoms. The maximum absolute atomic E-state index is 12.3. The molecular formula is C12H10F3NO3S. The molecule has 8 heteroatoms. The van der Waals surface area contributed by atoms with E-state index in [1.807, 2.05) is 0 Å². The highest BCUT2D eigenvalue weighted by molar-refractivity contribution is 7.81. The summed E-state index contributed by atoms with van der Waals surface area (Å²) in [6.45, 7) is 7.54. The summed E-state index contributed by atoms with van der Waals surface area (Å²) in [7, 11) is 0. The molecule has 0 saturated heterocycles. The van der Waals surface area contributed by atoms with E-state index in [-0.39, 0.29) is 11.4 Å². The van der Waals surface area contributed by atoms with E-state index in [9.17, 15) is 17.4 Å². The van der Waals surface area contributed by atoms with Gasteiger partial charge < -0.3 is 8.92 Å². The lowest BCUT2D eigenvalue weighted by molar-refractivity contribution is -0.0437. The van der Waals surface area contributed by atoms with Gasteiger partial charge in [-0.3, -0.25) is 4.99 Å². The summed E-state index contributed by atoms with van der Waals surface area (Å²) in [6.07, 6.45) is 0.515. The predicted octanol–water partition coefficient (Wildman–Crippen LogP) is 3.38. The molecule has 4 nitrogen and oxygen atoms in total. The van der Waals surface area contributed by atoms with Crippen LogP contribution in [0, 0.1) is 0 Å². The van der Waals surface area contributed by atoms with Gasteiger partial charge in [-0.05, 0) is 24.4 Å². The van der Waals surface area contributed by atoms with Gasteiger partial charge in [-0.2, -0.15) is 13.2 Å². The smallest absolute Gasteiger partial charge is 0.493 e. The molecule has 0 N–H and O–H groups in total. The van der Waals surface area contributed by atoms with Crippen LogP contribution in [0.4, 0.5) is 18.9 Å². The summed E-state index contributed by atoms with van der Waals surface area (Å²) >= 11 is -3.47. The summed E-state index contributed by atoms with van der Waals surface area (Å²) < 4.78 is 57.6. The summed E-state index contributed by atoms with van der Waals surface area (Å²) in [5.41, 5.74) is -3.84. The predicted molar refractivity (Wildman–Crippen MR) is 69.6 cm³/mol. The van der Waals surface area contributed by atoms with Crippen molar-refractivity contribution in [3.63, 3.8) is 0 Å². The van der Waals surface area contributed by atoms with Crippen molar-refractivity contribution >= 4 is 29.1 Å². The fourth-order valence-corrected chi connectivity index (χ4v) is 2.17. The van der Waals surface area contributed by atoms with Crippen molar-refractivity contribution in [3.8, 4) is 11.5 Å². The van der Waals surface area contributed by atoms with Gasteiger partial charge in [0, 0.05) is 12.0 Å². The lowest BCUT2D eigenvalue weighted by Crippen LogP contribution is -2.21. The number of hydrogen-bond acceptors (Lipinski definition) is 4. The Balaban J connectivity index is 2.45. The van der Waals surface area contributed by atoms with E-state index in [1.54, 1.807) is 0 Å². The van der Waals surface area contributed by atoms with Crippen LogP contribution >= 0.6 is 0 Å². The minimum Gasteiger partial charge on any atom is -0.493 e. The first kappa shape index (κ1) is 14.6. The van der Waals surface area contributed by atoms with Crippen LogP contribution in [0.15, 0.2) is 23.7 Å². The van der Waals surface area contributed by atoms with Crippen LogP contribution in [-0.2, 0) is 11.1 Å². The van der Waals surface area contributed by atoms with Gasteiger partial charge in [0.1, 0.15) is 11.4 Å². The normalized spacial score (nSPS) is 16.1. The molecule has 1 aliphatic heterocycles. The van der Waals surface area contributed by atoms with Gasteiger partial charge in [0.15, 0.2) is 5.75 Å². The fourth-order valence-electron chi connectivity index (χ4n) is 1.78.